The van der Waals surface area contributed by atoms with Crippen LogP contribution < -0.4 is 5.32 Å². The minimum Gasteiger partial charge on any atom is -0.332 e. The summed E-state index contributed by atoms with van der Waals surface area (Å²) < 4.78 is 0. The Morgan fingerprint density at radius 3 is 2.54 bits per heavy atom. The number of imide groups is 1. The summed E-state index contributed by atoms with van der Waals surface area (Å²) in [7, 11) is 0. The Morgan fingerprint density at radius 2 is 2.08 bits per heavy atom. The molecule has 0 aromatic rings. The van der Waals surface area contributed by atoms with Crippen LogP contribution in [0.5, 0.6) is 0 Å². The van der Waals surface area contributed by atoms with Crippen LogP contribution in [-0.2, 0) is 4.79 Å². The number of carbonyl (C=O) groups is 2. The van der Waals surface area contributed by atoms with Crippen LogP contribution in [-0.4, -0.2) is 28.9 Å². The van der Waals surface area contributed by atoms with Gasteiger partial charge in [-0.2, -0.15) is 0 Å². The average molecular weight is 184 g/mol. The summed E-state index contributed by atoms with van der Waals surface area (Å²) >= 11 is 0. The number of amides is 3. The van der Waals surface area contributed by atoms with Crippen LogP contribution in [0, 0.1) is 0 Å². The van der Waals surface area contributed by atoms with E-state index in [0.29, 0.717) is 13.0 Å². The SMILES string of the molecule is CCCN1C(=O)CC(C)(C)NC1=O. The van der Waals surface area contributed by atoms with Gasteiger partial charge in [-0.1, -0.05) is 6.92 Å². The molecule has 0 saturated carbocycles. The molecule has 0 bridgehead atoms. The molecule has 1 rings (SSSR count). The second kappa shape index (κ2) is 3.36. The summed E-state index contributed by atoms with van der Waals surface area (Å²) in [4.78, 5) is 24.2. The molecule has 0 aromatic heterocycles. The molecule has 4 heteroatoms. The third-order valence-electron chi connectivity index (χ3n) is 2.03. The molecule has 0 spiro atoms. The summed E-state index contributed by atoms with van der Waals surface area (Å²) in [6.45, 7) is 6.17. The first-order valence-electron chi connectivity index (χ1n) is 4.59. The van der Waals surface area contributed by atoms with Gasteiger partial charge in [0, 0.05) is 18.5 Å². The van der Waals surface area contributed by atoms with Crippen molar-refractivity contribution in [3.8, 4) is 0 Å². The van der Waals surface area contributed by atoms with Gasteiger partial charge in [0.2, 0.25) is 5.91 Å². The molecule has 0 aromatic carbocycles. The highest BCUT2D eigenvalue weighted by Gasteiger charge is 2.35. The molecule has 1 heterocycles. The largest absolute Gasteiger partial charge is 0.332 e. The third kappa shape index (κ3) is 2.20. The lowest BCUT2D eigenvalue weighted by Crippen LogP contribution is -2.59. The van der Waals surface area contributed by atoms with Gasteiger partial charge in [-0.05, 0) is 20.3 Å². The predicted molar refractivity (Wildman–Crippen MR) is 49.2 cm³/mol. The van der Waals surface area contributed by atoms with Gasteiger partial charge in [0.25, 0.3) is 0 Å². The molecule has 3 amide bonds. The van der Waals surface area contributed by atoms with Gasteiger partial charge < -0.3 is 5.32 Å². The zero-order valence-corrected chi connectivity index (χ0v) is 8.39. The predicted octanol–water partition coefficient (Wildman–Crippen LogP) is 1.12. The van der Waals surface area contributed by atoms with E-state index in [9.17, 15) is 9.59 Å². The Labute approximate surface area is 78.3 Å². The molecule has 1 N–H and O–H groups in total. The van der Waals surface area contributed by atoms with E-state index in [1.165, 1.54) is 4.90 Å². The number of carbonyl (C=O) groups excluding carboxylic acids is 2. The second-order valence-electron chi connectivity index (χ2n) is 4.04. The van der Waals surface area contributed by atoms with E-state index in [1.54, 1.807) is 0 Å². The molecular formula is C9H16N2O2. The molecule has 1 aliphatic heterocycles. The fraction of sp³-hybridized carbons (Fsp3) is 0.778. The number of hydrogen-bond acceptors (Lipinski definition) is 2. The van der Waals surface area contributed by atoms with Crippen LogP contribution in [0.1, 0.15) is 33.6 Å². The first-order valence-corrected chi connectivity index (χ1v) is 4.59. The van der Waals surface area contributed by atoms with E-state index < -0.39 is 5.54 Å². The normalized spacial score (nSPS) is 21.6. The van der Waals surface area contributed by atoms with E-state index in [4.69, 9.17) is 0 Å². The number of rotatable bonds is 2. The van der Waals surface area contributed by atoms with Crippen molar-refractivity contribution in [2.45, 2.75) is 39.2 Å². The standard InChI is InChI=1S/C9H16N2O2/c1-4-5-11-7(12)6-9(2,3)10-8(11)13/h4-6H2,1-3H3,(H,10,13). The molecule has 0 aliphatic carbocycles. The van der Waals surface area contributed by atoms with Crippen LogP contribution in [0.4, 0.5) is 4.79 Å². The monoisotopic (exact) mass is 184 g/mol. The van der Waals surface area contributed by atoms with E-state index >= 15 is 0 Å². The van der Waals surface area contributed by atoms with Gasteiger partial charge in [-0.3, -0.25) is 9.69 Å². The molecule has 0 radical (unpaired) electrons. The molecule has 4 nitrogen and oxygen atoms in total. The Morgan fingerprint density at radius 1 is 1.46 bits per heavy atom. The Balaban J connectivity index is 2.71. The summed E-state index contributed by atoms with van der Waals surface area (Å²) in [5.74, 6) is -0.0735. The highest BCUT2D eigenvalue weighted by atomic mass is 16.2. The summed E-state index contributed by atoms with van der Waals surface area (Å²) in [6, 6.07) is -0.261. The maximum atomic E-state index is 11.5. The van der Waals surface area contributed by atoms with Gasteiger partial charge in [-0.15, -0.1) is 0 Å². The zero-order chi connectivity index (χ0) is 10.1. The maximum Gasteiger partial charge on any atom is 0.324 e. The number of hydrogen-bond donors (Lipinski definition) is 1. The van der Waals surface area contributed by atoms with E-state index in [1.807, 2.05) is 20.8 Å². The minimum atomic E-state index is -0.390. The van der Waals surface area contributed by atoms with Crippen molar-refractivity contribution < 1.29 is 9.59 Å². The lowest BCUT2D eigenvalue weighted by atomic mass is 9.98. The lowest BCUT2D eigenvalue weighted by Gasteiger charge is -2.36. The van der Waals surface area contributed by atoms with E-state index in [0.717, 1.165) is 6.42 Å². The quantitative estimate of drug-likeness (QED) is 0.699. The molecule has 0 unspecified atom stereocenters. The third-order valence-corrected chi connectivity index (χ3v) is 2.03. The van der Waals surface area contributed by atoms with Crippen molar-refractivity contribution >= 4 is 11.9 Å². The van der Waals surface area contributed by atoms with Crippen LogP contribution in [0.15, 0.2) is 0 Å². The van der Waals surface area contributed by atoms with Crippen molar-refractivity contribution in [3.05, 3.63) is 0 Å². The fourth-order valence-corrected chi connectivity index (χ4v) is 1.44. The highest BCUT2D eigenvalue weighted by molar-refractivity contribution is 5.97. The van der Waals surface area contributed by atoms with Crippen LogP contribution in [0.25, 0.3) is 0 Å². The Hall–Kier alpha value is -1.06. The molecule has 13 heavy (non-hydrogen) atoms. The van der Waals surface area contributed by atoms with Crippen molar-refractivity contribution in [1.29, 1.82) is 0 Å². The molecular weight excluding hydrogens is 168 g/mol. The average Bonchev–Trinajstić information content (AvgIpc) is 1.94. The topological polar surface area (TPSA) is 49.4 Å². The summed E-state index contributed by atoms with van der Waals surface area (Å²) in [6.07, 6.45) is 1.19. The first kappa shape index (κ1) is 10.0. The summed E-state index contributed by atoms with van der Waals surface area (Å²) in [5.41, 5.74) is -0.390. The van der Waals surface area contributed by atoms with Crippen molar-refractivity contribution in [2.24, 2.45) is 0 Å². The zero-order valence-electron chi connectivity index (χ0n) is 8.39. The molecule has 74 valence electrons. The number of nitrogens with zero attached hydrogens (tertiary/aromatic N) is 1. The van der Waals surface area contributed by atoms with Gasteiger partial charge in [0.15, 0.2) is 0 Å². The van der Waals surface area contributed by atoms with Crippen molar-refractivity contribution in [2.75, 3.05) is 6.54 Å². The fourth-order valence-electron chi connectivity index (χ4n) is 1.44. The first-order chi connectivity index (χ1) is 5.96. The van der Waals surface area contributed by atoms with Gasteiger partial charge >= 0.3 is 6.03 Å². The molecule has 0 atom stereocenters. The smallest absolute Gasteiger partial charge is 0.324 e. The second-order valence-corrected chi connectivity index (χ2v) is 4.04. The minimum absolute atomic E-state index is 0.0735. The Bertz CT molecular complexity index is 216. The molecule has 1 fully saturated rings. The molecule has 1 saturated heterocycles. The van der Waals surface area contributed by atoms with E-state index in [2.05, 4.69) is 5.32 Å². The highest BCUT2D eigenvalue weighted by Crippen LogP contribution is 2.16. The summed E-state index contributed by atoms with van der Waals surface area (Å²) in [5, 5.41) is 2.79. The van der Waals surface area contributed by atoms with Crippen LogP contribution in [0.2, 0.25) is 0 Å². The van der Waals surface area contributed by atoms with Crippen molar-refractivity contribution in [3.63, 3.8) is 0 Å². The van der Waals surface area contributed by atoms with Gasteiger partial charge in [0.1, 0.15) is 0 Å². The number of urea groups is 1. The van der Waals surface area contributed by atoms with Gasteiger partial charge in [-0.25, -0.2) is 4.79 Å². The van der Waals surface area contributed by atoms with Crippen LogP contribution >= 0.6 is 0 Å². The van der Waals surface area contributed by atoms with Gasteiger partial charge in [0.05, 0.1) is 0 Å². The maximum absolute atomic E-state index is 11.5. The van der Waals surface area contributed by atoms with Crippen LogP contribution in [0.3, 0.4) is 0 Å². The molecule has 1 aliphatic rings. The van der Waals surface area contributed by atoms with E-state index in [-0.39, 0.29) is 11.9 Å². The number of nitrogens with one attached hydrogen (secondary N) is 1. The lowest BCUT2D eigenvalue weighted by molar-refractivity contribution is -0.131. The van der Waals surface area contributed by atoms with Crippen molar-refractivity contribution in [1.82, 2.24) is 10.2 Å². The Kier molecular flexibility index (Phi) is 2.59.